The van der Waals surface area contributed by atoms with Crippen molar-refractivity contribution in [2.45, 2.75) is 6.54 Å². The lowest BCUT2D eigenvalue weighted by Crippen LogP contribution is -2.35. The van der Waals surface area contributed by atoms with Crippen LogP contribution in [0.5, 0.6) is 0 Å². The Morgan fingerprint density at radius 2 is 2.04 bits per heavy atom. The Labute approximate surface area is 169 Å². The smallest absolute Gasteiger partial charge is 0.258 e. The van der Waals surface area contributed by atoms with Gasteiger partial charge in [-0.2, -0.15) is 0 Å². The third kappa shape index (κ3) is 4.06. The lowest BCUT2D eigenvalue weighted by atomic mass is 10.2. The van der Waals surface area contributed by atoms with Gasteiger partial charge in [0.25, 0.3) is 5.91 Å². The fraction of sp³-hybridized carbons (Fsp3) is 0.263. The Balaban J connectivity index is 1.50. The molecule has 2 aromatic carbocycles. The van der Waals surface area contributed by atoms with E-state index in [9.17, 15) is 4.79 Å². The molecular weight excluding hydrogens is 461 g/mol. The van der Waals surface area contributed by atoms with E-state index in [1.807, 2.05) is 30.3 Å². The fourth-order valence-electron chi connectivity index (χ4n) is 2.95. The van der Waals surface area contributed by atoms with E-state index >= 15 is 0 Å². The van der Waals surface area contributed by atoms with E-state index in [-0.39, 0.29) is 5.91 Å². The number of amides is 1. The van der Waals surface area contributed by atoms with Crippen molar-refractivity contribution in [3.8, 4) is 0 Å². The van der Waals surface area contributed by atoms with Crippen molar-refractivity contribution in [3.05, 3.63) is 57.2 Å². The molecule has 4 rings (SSSR count). The van der Waals surface area contributed by atoms with Crippen LogP contribution in [0.2, 0.25) is 0 Å². The second-order valence-corrected chi connectivity index (χ2v) is 8.34. The van der Waals surface area contributed by atoms with Gasteiger partial charge in [-0.25, -0.2) is 4.98 Å². The molecule has 1 fully saturated rings. The molecule has 0 radical (unpaired) electrons. The van der Waals surface area contributed by atoms with Gasteiger partial charge < -0.3 is 4.74 Å². The van der Waals surface area contributed by atoms with Crippen molar-refractivity contribution in [3.63, 3.8) is 0 Å². The van der Waals surface area contributed by atoms with E-state index in [0.29, 0.717) is 10.7 Å². The first-order valence-corrected chi connectivity index (χ1v) is 10.3. The Morgan fingerprint density at radius 3 is 2.85 bits per heavy atom. The summed E-state index contributed by atoms with van der Waals surface area (Å²) in [4.78, 5) is 19.4. The average Bonchev–Trinajstić information content (AvgIpc) is 3.04. The maximum absolute atomic E-state index is 12.5. The van der Waals surface area contributed by atoms with Crippen molar-refractivity contribution in [1.29, 1.82) is 0 Å². The first-order chi connectivity index (χ1) is 12.7. The van der Waals surface area contributed by atoms with Gasteiger partial charge in [0.15, 0.2) is 5.13 Å². The molecule has 7 heteroatoms. The summed E-state index contributed by atoms with van der Waals surface area (Å²) in [6, 6.07) is 13.9. The van der Waals surface area contributed by atoms with Crippen molar-refractivity contribution < 1.29 is 9.53 Å². The number of fused-ring (bicyclic) bond motifs is 1. The van der Waals surface area contributed by atoms with Crippen LogP contribution in [0.4, 0.5) is 5.13 Å². The highest BCUT2D eigenvalue weighted by atomic mass is 127. The normalized spacial score (nSPS) is 15.3. The maximum Gasteiger partial charge on any atom is 0.258 e. The zero-order chi connectivity index (χ0) is 17.9. The van der Waals surface area contributed by atoms with E-state index in [1.54, 1.807) is 0 Å². The highest BCUT2D eigenvalue weighted by Crippen LogP contribution is 2.28. The molecule has 1 aliphatic rings. The van der Waals surface area contributed by atoms with E-state index in [1.165, 1.54) is 16.9 Å². The van der Waals surface area contributed by atoms with E-state index in [0.717, 1.165) is 46.6 Å². The van der Waals surface area contributed by atoms with Crippen LogP contribution in [-0.2, 0) is 11.3 Å². The predicted octanol–water partition coefficient (Wildman–Crippen LogP) is 3.99. The molecule has 0 aliphatic carbocycles. The molecule has 5 nitrogen and oxygen atoms in total. The Hall–Kier alpha value is -1.55. The molecular formula is C19H18IN3O2S. The van der Waals surface area contributed by atoms with Gasteiger partial charge in [-0.15, -0.1) is 0 Å². The lowest BCUT2D eigenvalue weighted by Gasteiger charge is -2.26. The third-order valence-corrected chi connectivity index (χ3v) is 6.18. The van der Waals surface area contributed by atoms with Crippen LogP contribution < -0.4 is 5.32 Å². The number of anilines is 1. The Morgan fingerprint density at radius 1 is 1.23 bits per heavy atom. The summed E-state index contributed by atoms with van der Waals surface area (Å²) < 4.78 is 7.42. The summed E-state index contributed by atoms with van der Waals surface area (Å²) >= 11 is 3.69. The summed E-state index contributed by atoms with van der Waals surface area (Å²) in [6.45, 7) is 4.46. The molecule has 0 bridgehead atoms. The Kier molecular flexibility index (Phi) is 5.49. The molecule has 1 N–H and O–H groups in total. The molecule has 1 aliphatic heterocycles. The molecule has 1 aromatic heterocycles. The van der Waals surface area contributed by atoms with Crippen LogP contribution in [0.3, 0.4) is 0 Å². The van der Waals surface area contributed by atoms with Gasteiger partial charge in [0.2, 0.25) is 0 Å². The number of thiazole rings is 1. The van der Waals surface area contributed by atoms with E-state index in [4.69, 9.17) is 4.74 Å². The molecule has 26 heavy (non-hydrogen) atoms. The molecule has 3 aromatic rings. The highest BCUT2D eigenvalue weighted by molar-refractivity contribution is 14.1. The minimum absolute atomic E-state index is 0.123. The van der Waals surface area contributed by atoms with Crippen LogP contribution in [0.15, 0.2) is 42.5 Å². The summed E-state index contributed by atoms with van der Waals surface area (Å²) in [5.41, 5.74) is 2.85. The van der Waals surface area contributed by atoms with Gasteiger partial charge in [-0.05, 0) is 52.4 Å². The number of ether oxygens (including phenoxy) is 1. The van der Waals surface area contributed by atoms with Gasteiger partial charge in [0.05, 0.1) is 29.0 Å². The van der Waals surface area contributed by atoms with E-state index < -0.39 is 0 Å². The number of morpholine rings is 1. The zero-order valence-corrected chi connectivity index (χ0v) is 17.0. The first kappa shape index (κ1) is 17.8. The number of benzene rings is 2. The van der Waals surface area contributed by atoms with Crippen LogP contribution in [-0.4, -0.2) is 42.1 Å². The number of carbonyl (C=O) groups excluding carboxylic acids is 1. The first-order valence-electron chi connectivity index (χ1n) is 8.44. The number of rotatable bonds is 4. The van der Waals surface area contributed by atoms with Crippen LogP contribution in [0.25, 0.3) is 10.2 Å². The molecule has 134 valence electrons. The van der Waals surface area contributed by atoms with Crippen LogP contribution >= 0.6 is 33.9 Å². The minimum Gasteiger partial charge on any atom is -0.379 e. The van der Waals surface area contributed by atoms with Gasteiger partial charge in [0.1, 0.15) is 0 Å². The van der Waals surface area contributed by atoms with Crippen molar-refractivity contribution >= 4 is 55.2 Å². The minimum atomic E-state index is -0.123. The summed E-state index contributed by atoms with van der Waals surface area (Å²) in [6.07, 6.45) is 0. The number of carbonyl (C=O) groups is 1. The zero-order valence-electron chi connectivity index (χ0n) is 14.1. The molecule has 1 saturated heterocycles. The SMILES string of the molecule is O=C(Nc1nc2ccc(CN3CCOCC3)cc2s1)c1ccccc1I. The fourth-order valence-corrected chi connectivity index (χ4v) is 4.51. The van der Waals surface area contributed by atoms with Gasteiger partial charge in [-0.3, -0.25) is 15.0 Å². The van der Waals surface area contributed by atoms with Crippen molar-refractivity contribution in [2.75, 3.05) is 31.6 Å². The summed E-state index contributed by atoms with van der Waals surface area (Å²) in [5.74, 6) is -0.123. The summed E-state index contributed by atoms with van der Waals surface area (Å²) in [5, 5.41) is 3.56. The average molecular weight is 479 g/mol. The van der Waals surface area contributed by atoms with Crippen molar-refractivity contribution in [1.82, 2.24) is 9.88 Å². The maximum atomic E-state index is 12.5. The van der Waals surface area contributed by atoms with Crippen molar-refractivity contribution in [2.24, 2.45) is 0 Å². The van der Waals surface area contributed by atoms with Crippen LogP contribution in [0, 0.1) is 3.57 Å². The molecule has 0 atom stereocenters. The molecule has 0 unspecified atom stereocenters. The lowest BCUT2D eigenvalue weighted by molar-refractivity contribution is 0.0342. The standard InChI is InChI=1S/C19H18IN3O2S/c20-15-4-2-1-3-14(15)18(24)22-19-21-16-6-5-13(11-17(16)26-19)12-23-7-9-25-10-8-23/h1-6,11H,7-10,12H2,(H,21,22,24). The van der Waals surface area contributed by atoms with Gasteiger partial charge in [-0.1, -0.05) is 29.5 Å². The van der Waals surface area contributed by atoms with Gasteiger partial charge in [0, 0.05) is 23.2 Å². The quantitative estimate of drug-likeness (QED) is 0.576. The van der Waals surface area contributed by atoms with E-state index in [2.05, 4.69) is 49.9 Å². The largest absolute Gasteiger partial charge is 0.379 e. The predicted molar refractivity (Wildman–Crippen MR) is 113 cm³/mol. The third-order valence-electron chi connectivity index (χ3n) is 4.30. The van der Waals surface area contributed by atoms with Gasteiger partial charge >= 0.3 is 0 Å². The highest BCUT2D eigenvalue weighted by Gasteiger charge is 2.14. The second kappa shape index (κ2) is 7.99. The molecule has 1 amide bonds. The topological polar surface area (TPSA) is 54.5 Å². The molecule has 0 saturated carbocycles. The number of hydrogen-bond acceptors (Lipinski definition) is 5. The van der Waals surface area contributed by atoms with Crippen LogP contribution in [0.1, 0.15) is 15.9 Å². The number of nitrogens with zero attached hydrogens (tertiary/aromatic N) is 2. The number of aromatic nitrogens is 1. The number of nitrogens with one attached hydrogen (secondary N) is 1. The Bertz CT molecular complexity index is 937. The number of hydrogen-bond donors (Lipinski definition) is 1. The summed E-state index contributed by atoms with van der Waals surface area (Å²) in [7, 11) is 0. The number of halogens is 1. The molecule has 0 spiro atoms. The monoisotopic (exact) mass is 479 g/mol. The molecule has 2 heterocycles. The second-order valence-electron chi connectivity index (χ2n) is 6.14.